The summed E-state index contributed by atoms with van der Waals surface area (Å²) in [5, 5.41) is 7.95. The molecule has 0 radical (unpaired) electrons. The van der Waals surface area contributed by atoms with E-state index in [4.69, 9.17) is 0 Å². The van der Waals surface area contributed by atoms with Crippen molar-refractivity contribution < 1.29 is 0 Å². The van der Waals surface area contributed by atoms with Gasteiger partial charge in [0.05, 0.1) is 6.04 Å². The highest BCUT2D eigenvalue weighted by Crippen LogP contribution is 2.10. The van der Waals surface area contributed by atoms with E-state index in [1.54, 1.807) is 6.20 Å². The van der Waals surface area contributed by atoms with Gasteiger partial charge in [-0.3, -0.25) is 0 Å². The van der Waals surface area contributed by atoms with Crippen molar-refractivity contribution in [3.05, 3.63) is 12.3 Å². The first-order chi connectivity index (χ1) is 4.43. The normalized spacial score (nSPS) is 26.1. The van der Waals surface area contributed by atoms with Gasteiger partial charge in [-0.05, 0) is 19.3 Å². The number of rotatable bonds is 1. The zero-order chi connectivity index (χ0) is 6.53. The molecule has 0 amide bonds. The number of hydrogen-bond donors (Lipinski definition) is 0. The summed E-state index contributed by atoms with van der Waals surface area (Å²) in [5.74, 6) is 0. The molecular weight excluding hydrogens is 112 g/mol. The fourth-order valence-electron chi connectivity index (χ4n) is 0.887. The van der Waals surface area contributed by atoms with Gasteiger partial charge in [0.2, 0.25) is 0 Å². The van der Waals surface area contributed by atoms with Crippen LogP contribution in [0.3, 0.4) is 0 Å². The Morgan fingerprint density at radius 3 is 3.33 bits per heavy atom. The Labute approximate surface area is 55.7 Å². The molecule has 0 N–H and O–H groups in total. The Hall–Kier alpha value is -0.660. The van der Waals surface area contributed by atoms with E-state index in [0.717, 1.165) is 19.3 Å². The van der Waals surface area contributed by atoms with Crippen LogP contribution in [0, 0.1) is 0 Å². The number of azo groups is 1. The Morgan fingerprint density at radius 1 is 1.67 bits per heavy atom. The maximum Gasteiger partial charge on any atom is 0.0712 e. The molecule has 1 aliphatic rings. The summed E-state index contributed by atoms with van der Waals surface area (Å²) in [4.78, 5) is 0. The minimum absolute atomic E-state index is 0.472. The van der Waals surface area contributed by atoms with Crippen molar-refractivity contribution in [2.45, 2.75) is 32.2 Å². The second kappa shape index (κ2) is 3.38. The molecular formula is C7H12N2. The van der Waals surface area contributed by atoms with E-state index in [1.807, 2.05) is 0 Å². The topological polar surface area (TPSA) is 24.7 Å². The van der Waals surface area contributed by atoms with Crippen molar-refractivity contribution in [2.75, 3.05) is 0 Å². The highest BCUT2D eigenvalue weighted by atomic mass is 15.1. The van der Waals surface area contributed by atoms with Gasteiger partial charge in [0.1, 0.15) is 0 Å². The highest BCUT2D eigenvalue weighted by Gasteiger charge is 2.02. The summed E-state index contributed by atoms with van der Waals surface area (Å²) in [5.41, 5.74) is 0. The SMILES string of the molecule is CCC1CCC=CN=N1. The van der Waals surface area contributed by atoms with Crippen molar-refractivity contribution >= 4 is 0 Å². The van der Waals surface area contributed by atoms with Gasteiger partial charge < -0.3 is 0 Å². The minimum Gasteiger partial charge on any atom is -0.186 e. The first-order valence-electron chi connectivity index (χ1n) is 3.48. The molecule has 50 valence electrons. The molecule has 0 saturated heterocycles. The lowest BCUT2D eigenvalue weighted by atomic mass is 10.1. The van der Waals surface area contributed by atoms with Crippen LogP contribution in [0.2, 0.25) is 0 Å². The lowest BCUT2D eigenvalue weighted by Crippen LogP contribution is -1.98. The molecule has 2 heteroatoms. The molecule has 0 aromatic heterocycles. The van der Waals surface area contributed by atoms with Crippen LogP contribution in [-0.4, -0.2) is 6.04 Å². The summed E-state index contributed by atoms with van der Waals surface area (Å²) in [7, 11) is 0. The molecule has 0 bridgehead atoms. The van der Waals surface area contributed by atoms with Crippen LogP contribution in [0.4, 0.5) is 0 Å². The Bertz CT molecular complexity index is 127. The van der Waals surface area contributed by atoms with Gasteiger partial charge in [-0.2, -0.15) is 10.2 Å². The molecule has 1 heterocycles. The zero-order valence-corrected chi connectivity index (χ0v) is 5.75. The van der Waals surface area contributed by atoms with Crippen molar-refractivity contribution in [1.29, 1.82) is 0 Å². The average molecular weight is 124 g/mol. The molecule has 1 atom stereocenters. The summed E-state index contributed by atoms with van der Waals surface area (Å²) in [6.45, 7) is 2.15. The van der Waals surface area contributed by atoms with Gasteiger partial charge in [-0.15, -0.1) is 0 Å². The van der Waals surface area contributed by atoms with Crippen LogP contribution in [0.5, 0.6) is 0 Å². The van der Waals surface area contributed by atoms with Crippen LogP contribution >= 0.6 is 0 Å². The molecule has 1 rings (SSSR count). The number of hydrogen-bond acceptors (Lipinski definition) is 2. The highest BCUT2D eigenvalue weighted by molar-refractivity contribution is 4.83. The van der Waals surface area contributed by atoms with Crippen LogP contribution < -0.4 is 0 Å². The van der Waals surface area contributed by atoms with Crippen LogP contribution in [-0.2, 0) is 0 Å². The van der Waals surface area contributed by atoms with Gasteiger partial charge in [0, 0.05) is 6.20 Å². The quantitative estimate of drug-likeness (QED) is 0.513. The molecule has 0 aliphatic carbocycles. The third-order valence-electron chi connectivity index (χ3n) is 1.54. The molecule has 9 heavy (non-hydrogen) atoms. The first kappa shape index (κ1) is 6.46. The third kappa shape index (κ3) is 1.96. The molecule has 0 aromatic rings. The predicted octanol–water partition coefficient (Wildman–Crippen LogP) is 2.52. The first-order valence-corrected chi connectivity index (χ1v) is 3.48. The van der Waals surface area contributed by atoms with Crippen molar-refractivity contribution in [1.82, 2.24) is 0 Å². The Kier molecular flexibility index (Phi) is 2.43. The summed E-state index contributed by atoms with van der Waals surface area (Å²) in [6.07, 6.45) is 7.27. The maximum atomic E-state index is 4.08. The molecule has 0 fully saturated rings. The van der Waals surface area contributed by atoms with Crippen LogP contribution in [0.25, 0.3) is 0 Å². The van der Waals surface area contributed by atoms with Gasteiger partial charge in [-0.25, -0.2) is 0 Å². The van der Waals surface area contributed by atoms with Crippen LogP contribution in [0.15, 0.2) is 22.5 Å². The van der Waals surface area contributed by atoms with Crippen molar-refractivity contribution in [3.63, 3.8) is 0 Å². The number of allylic oxidation sites excluding steroid dienone is 1. The smallest absolute Gasteiger partial charge is 0.0712 e. The van der Waals surface area contributed by atoms with E-state index < -0.39 is 0 Å². The second-order valence-corrected chi connectivity index (χ2v) is 2.26. The van der Waals surface area contributed by atoms with Crippen molar-refractivity contribution in [3.8, 4) is 0 Å². The van der Waals surface area contributed by atoms with Gasteiger partial charge in [0.25, 0.3) is 0 Å². The average Bonchev–Trinajstić information content (AvgIpc) is 2.13. The fourth-order valence-corrected chi connectivity index (χ4v) is 0.887. The molecule has 1 aliphatic heterocycles. The van der Waals surface area contributed by atoms with E-state index in [2.05, 4.69) is 23.2 Å². The standard InChI is InChI=1S/C7H12N2/c1-2-7-5-3-4-6-8-9-7/h4,6-7H,2-3,5H2,1H3. The van der Waals surface area contributed by atoms with E-state index >= 15 is 0 Å². The van der Waals surface area contributed by atoms with Gasteiger partial charge in [-0.1, -0.05) is 13.0 Å². The van der Waals surface area contributed by atoms with E-state index in [-0.39, 0.29) is 0 Å². The lowest BCUT2D eigenvalue weighted by Gasteiger charge is -2.01. The fraction of sp³-hybridized carbons (Fsp3) is 0.714. The number of nitrogens with zero attached hydrogens (tertiary/aromatic N) is 2. The van der Waals surface area contributed by atoms with Crippen LogP contribution in [0.1, 0.15) is 26.2 Å². The molecule has 0 saturated carbocycles. The van der Waals surface area contributed by atoms with E-state index in [9.17, 15) is 0 Å². The Morgan fingerprint density at radius 2 is 2.56 bits per heavy atom. The maximum absolute atomic E-state index is 4.08. The Balaban J connectivity index is 2.41. The monoisotopic (exact) mass is 124 g/mol. The second-order valence-electron chi connectivity index (χ2n) is 2.26. The molecule has 2 nitrogen and oxygen atoms in total. The third-order valence-corrected chi connectivity index (χ3v) is 1.54. The molecule has 0 spiro atoms. The van der Waals surface area contributed by atoms with Gasteiger partial charge in [0.15, 0.2) is 0 Å². The minimum atomic E-state index is 0.472. The molecule has 0 aromatic carbocycles. The molecule has 1 unspecified atom stereocenters. The summed E-state index contributed by atoms with van der Waals surface area (Å²) < 4.78 is 0. The zero-order valence-electron chi connectivity index (χ0n) is 5.75. The largest absolute Gasteiger partial charge is 0.186 e. The van der Waals surface area contributed by atoms with E-state index in [0.29, 0.717) is 6.04 Å². The predicted molar refractivity (Wildman–Crippen MR) is 37.3 cm³/mol. The van der Waals surface area contributed by atoms with Gasteiger partial charge >= 0.3 is 0 Å². The van der Waals surface area contributed by atoms with E-state index in [1.165, 1.54) is 0 Å². The summed E-state index contributed by atoms with van der Waals surface area (Å²) in [6, 6.07) is 0.472. The lowest BCUT2D eigenvalue weighted by molar-refractivity contribution is 0.588. The summed E-state index contributed by atoms with van der Waals surface area (Å²) >= 11 is 0. The van der Waals surface area contributed by atoms with Crippen molar-refractivity contribution in [2.24, 2.45) is 10.2 Å².